The number of aromatic hydroxyl groups is 1. The third-order valence-electron chi connectivity index (χ3n) is 2.17. The number of anilines is 1. The minimum Gasteiger partial charge on any atom is -0.506 e. The van der Waals surface area contributed by atoms with Crippen LogP contribution in [0.1, 0.15) is 41.5 Å². The zero-order chi connectivity index (χ0) is 18.0. The van der Waals surface area contributed by atoms with Crippen LogP contribution in [0.5, 0.6) is 5.75 Å². The summed E-state index contributed by atoms with van der Waals surface area (Å²) in [6.07, 6.45) is -0.738. The minimum absolute atomic E-state index is 0.0358. The average molecular weight is 389 g/mol. The summed E-state index contributed by atoms with van der Waals surface area (Å²) in [7, 11) is 0. The number of halogens is 1. The van der Waals surface area contributed by atoms with Crippen LogP contribution in [-0.2, 0) is 9.47 Å². The Morgan fingerprint density at radius 2 is 1.52 bits per heavy atom. The summed E-state index contributed by atoms with van der Waals surface area (Å²) in [6, 6.07) is 1.31. The highest BCUT2D eigenvalue weighted by molar-refractivity contribution is 9.10. The summed E-state index contributed by atoms with van der Waals surface area (Å²) in [5, 5.41) is 9.43. The number of nitrogens with zero attached hydrogens (tertiary/aromatic N) is 2. The molecule has 1 heterocycles. The summed E-state index contributed by atoms with van der Waals surface area (Å²) in [4.78, 5) is 29.4. The van der Waals surface area contributed by atoms with Gasteiger partial charge in [0.2, 0.25) is 0 Å². The Kier molecular flexibility index (Phi) is 5.63. The zero-order valence-electron chi connectivity index (χ0n) is 14.0. The third-order valence-corrected chi connectivity index (χ3v) is 2.75. The lowest BCUT2D eigenvalue weighted by Crippen LogP contribution is -2.44. The molecule has 0 radical (unpaired) electrons. The van der Waals surface area contributed by atoms with Gasteiger partial charge < -0.3 is 14.6 Å². The number of hydrogen-bond donors (Lipinski definition) is 1. The van der Waals surface area contributed by atoms with Crippen molar-refractivity contribution in [1.29, 1.82) is 0 Å². The number of aromatic nitrogens is 1. The van der Waals surface area contributed by atoms with Crippen LogP contribution in [-0.4, -0.2) is 33.5 Å². The van der Waals surface area contributed by atoms with Gasteiger partial charge >= 0.3 is 12.2 Å². The molecule has 128 valence electrons. The highest BCUT2D eigenvalue weighted by Gasteiger charge is 2.34. The predicted molar refractivity (Wildman–Crippen MR) is 88.5 cm³/mol. The van der Waals surface area contributed by atoms with Crippen molar-refractivity contribution in [2.24, 2.45) is 0 Å². The maximum Gasteiger partial charge on any atom is 0.425 e. The monoisotopic (exact) mass is 388 g/mol. The number of rotatable bonds is 1. The number of pyridine rings is 1. The molecule has 1 aromatic heterocycles. The molecule has 0 atom stereocenters. The molecule has 0 fully saturated rings. The molecule has 0 bridgehead atoms. The molecule has 1 rings (SSSR count). The molecule has 0 spiro atoms. The highest BCUT2D eigenvalue weighted by Crippen LogP contribution is 2.29. The van der Waals surface area contributed by atoms with Gasteiger partial charge in [-0.3, -0.25) is 0 Å². The molecule has 0 aliphatic rings. The maximum absolute atomic E-state index is 12.4. The number of imide groups is 1. The standard InChI is InChI=1S/C15H21BrN2O5/c1-14(2,3)22-12(20)18(13(21)23-15(4,5)6)11-10(16)7-9(19)8-17-11/h7-8,19H,1-6H3. The molecule has 0 saturated carbocycles. The van der Waals surface area contributed by atoms with Gasteiger partial charge in [0.1, 0.15) is 17.0 Å². The molecule has 1 N–H and O–H groups in total. The fourth-order valence-corrected chi connectivity index (χ4v) is 1.96. The lowest BCUT2D eigenvalue weighted by atomic mass is 10.2. The number of ether oxygens (including phenoxy) is 2. The quantitative estimate of drug-likeness (QED) is 0.774. The van der Waals surface area contributed by atoms with E-state index in [0.717, 1.165) is 6.20 Å². The van der Waals surface area contributed by atoms with Gasteiger partial charge in [0.15, 0.2) is 5.82 Å². The van der Waals surface area contributed by atoms with Gasteiger partial charge in [0.05, 0.1) is 10.7 Å². The van der Waals surface area contributed by atoms with Crippen molar-refractivity contribution < 1.29 is 24.2 Å². The topological polar surface area (TPSA) is 89.0 Å². The first kappa shape index (κ1) is 19.2. The Morgan fingerprint density at radius 3 is 1.87 bits per heavy atom. The fraction of sp³-hybridized carbons (Fsp3) is 0.533. The van der Waals surface area contributed by atoms with Crippen molar-refractivity contribution in [1.82, 2.24) is 4.98 Å². The van der Waals surface area contributed by atoms with Crippen molar-refractivity contribution in [3.63, 3.8) is 0 Å². The molecule has 0 saturated heterocycles. The first-order valence-electron chi connectivity index (χ1n) is 6.91. The number of amides is 2. The second-order valence-corrected chi connectivity index (χ2v) is 7.65. The van der Waals surface area contributed by atoms with Crippen molar-refractivity contribution >= 4 is 33.9 Å². The molecule has 0 aromatic carbocycles. The Hall–Kier alpha value is -1.83. The molecule has 0 aliphatic heterocycles. The van der Waals surface area contributed by atoms with Gasteiger partial charge in [-0.1, -0.05) is 0 Å². The first-order valence-corrected chi connectivity index (χ1v) is 7.70. The smallest absolute Gasteiger partial charge is 0.425 e. The molecule has 2 amide bonds. The second kappa shape index (κ2) is 6.74. The number of carbonyl (C=O) groups excluding carboxylic acids is 2. The number of hydrogen-bond acceptors (Lipinski definition) is 6. The van der Waals surface area contributed by atoms with Gasteiger partial charge in [-0.15, -0.1) is 0 Å². The molecule has 1 aromatic rings. The average Bonchev–Trinajstić information content (AvgIpc) is 2.27. The zero-order valence-corrected chi connectivity index (χ0v) is 15.6. The summed E-state index contributed by atoms with van der Waals surface area (Å²) < 4.78 is 10.7. The van der Waals surface area contributed by atoms with E-state index < -0.39 is 23.4 Å². The Labute approximate surface area is 143 Å². The summed E-state index contributed by atoms with van der Waals surface area (Å²) in [6.45, 7) is 10.1. The van der Waals surface area contributed by atoms with Crippen molar-refractivity contribution in [3.8, 4) is 5.75 Å². The van der Waals surface area contributed by atoms with Gasteiger partial charge in [-0.25, -0.2) is 14.6 Å². The summed E-state index contributed by atoms with van der Waals surface area (Å²) in [5.74, 6) is -0.153. The Bertz CT molecular complexity index is 577. The van der Waals surface area contributed by atoms with Gasteiger partial charge in [-0.2, -0.15) is 4.90 Å². The van der Waals surface area contributed by atoms with E-state index in [1.54, 1.807) is 41.5 Å². The van der Waals surface area contributed by atoms with Crippen LogP contribution in [0.4, 0.5) is 15.4 Å². The molecule has 7 nitrogen and oxygen atoms in total. The fourth-order valence-electron chi connectivity index (χ4n) is 1.45. The van der Waals surface area contributed by atoms with Crippen LogP contribution in [0.25, 0.3) is 0 Å². The van der Waals surface area contributed by atoms with Gasteiger partial charge in [-0.05, 0) is 63.5 Å². The lowest BCUT2D eigenvalue weighted by molar-refractivity contribution is 0.0428. The predicted octanol–water partition coefficient (Wildman–Crippen LogP) is 4.23. The van der Waals surface area contributed by atoms with E-state index >= 15 is 0 Å². The van der Waals surface area contributed by atoms with Crippen LogP contribution in [0.3, 0.4) is 0 Å². The third kappa shape index (κ3) is 6.05. The summed E-state index contributed by atoms with van der Waals surface area (Å²) in [5.41, 5.74) is -1.61. The molecule has 23 heavy (non-hydrogen) atoms. The largest absolute Gasteiger partial charge is 0.506 e. The van der Waals surface area contributed by atoms with Gasteiger partial charge in [0.25, 0.3) is 0 Å². The van der Waals surface area contributed by atoms with Crippen molar-refractivity contribution in [2.75, 3.05) is 4.90 Å². The molecule has 8 heteroatoms. The normalized spacial score (nSPS) is 11.8. The Balaban J connectivity index is 3.25. The van der Waals surface area contributed by atoms with E-state index in [4.69, 9.17) is 9.47 Å². The number of carbonyl (C=O) groups is 2. The van der Waals surface area contributed by atoms with Crippen LogP contribution < -0.4 is 4.90 Å². The molecule has 0 aliphatic carbocycles. The second-order valence-electron chi connectivity index (χ2n) is 6.80. The van der Waals surface area contributed by atoms with Crippen LogP contribution in [0.2, 0.25) is 0 Å². The summed E-state index contributed by atoms with van der Waals surface area (Å²) >= 11 is 3.16. The van der Waals surface area contributed by atoms with E-state index in [2.05, 4.69) is 20.9 Å². The SMILES string of the molecule is CC(C)(C)OC(=O)N(C(=O)OC(C)(C)C)c1ncc(O)cc1Br. The highest BCUT2D eigenvalue weighted by atomic mass is 79.9. The van der Waals surface area contributed by atoms with E-state index in [1.807, 2.05) is 0 Å². The molecule has 0 unspecified atom stereocenters. The van der Waals surface area contributed by atoms with E-state index in [1.165, 1.54) is 6.07 Å². The van der Waals surface area contributed by atoms with E-state index in [9.17, 15) is 14.7 Å². The minimum atomic E-state index is -0.925. The first-order chi connectivity index (χ1) is 10.3. The van der Waals surface area contributed by atoms with E-state index in [0.29, 0.717) is 4.90 Å². The maximum atomic E-state index is 12.4. The molecular formula is C15H21BrN2O5. The lowest BCUT2D eigenvalue weighted by Gasteiger charge is -2.28. The van der Waals surface area contributed by atoms with Crippen molar-refractivity contribution in [2.45, 2.75) is 52.7 Å². The van der Waals surface area contributed by atoms with Crippen LogP contribution in [0.15, 0.2) is 16.7 Å². The van der Waals surface area contributed by atoms with Crippen LogP contribution in [0, 0.1) is 0 Å². The van der Waals surface area contributed by atoms with Crippen molar-refractivity contribution in [3.05, 3.63) is 16.7 Å². The van der Waals surface area contributed by atoms with E-state index in [-0.39, 0.29) is 16.0 Å². The van der Waals surface area contributed by atoms with Gasteiger partial charge in [0, 0.05) is 0 Å². The Morgan fingerprint density at radius 1 is 1.09 bits per heavy atom. The molecular weight excluding hydrogens is 368 g/mol. The van der Waals surface area contributed by atoms with Crippen LogP contribution >= 0.6 is 15.9 Å².